The lowest BCUT2D eigenvalue weighted by Gasteiger charge is -2.33. The highest BCUT2D eigenvalue weighted by Crippen LogP contribution is 2.32. The van der Waals surface area contributed by atoms with Crippen molar-refractivity contribution in [2.75, 3.05) is 13.1 Å². The molecule has 1 saturated heterocycles. The van der Waals surface area contributed by atoms with Gasteiger partial charge in [-0.05, 0) is 67.0 Å². The molecule has 2 amide bonds. The van der Waals surface area contributed by atoms with Crippen LogP contribution in [-0.2, 0) is 11.2 Å². The Morgan fingerprint density at radius 2 is 1.84 bits per heavy atom. The van der Waals surface area contributed by atoms with Crippen molar-refractivity contribution in [1.82, 2.24) is 9.88 Å². The van der Waals surface area contributed by atoms with Crippen LogP contribution < -0.4 is 10.9 Å². The number of primary amides is 1. The number of nitrogens with zero attached hydrogens (tertiary/aromatic N) is 1. The van der Waals surface area contributed by atoms with E-state index >= 15 is 0 Å². The van der Waals surface area contributed by atoms with Gasteiger partial charge in [-0.15, -0.1) is 12.8 Å². The van der Waals surface area contributed by atoms with Gasteiger partial charge in [0.1, 0.15) is 0 Å². The summed E-state index contributed by atoms with van der Waals surface area (Å²) in [6, 6.07) is 15.6. The number of hydrogen-bond acceptors (Lipinski definition) is 4. The van der Waals surface area contributed by atoms with Crippen LogP contribution in [0.4, 0.5) is 0 Å². The number of aromatic amines is 1. The largest absolute Gasteiger partial charge is 0.366 e. The summed E-state index contributed by atoms with van der Waals surface area (Å²) >= 11 is 3.03. The van der Waals surface area contributed by atoms with Crippen LogP contribution in [0.25, 0.3) is 10.9 Å². The van der Waals surface area contributed by atoms with E-state index in [0.29, 0.717) is 24.3 Å². The molecule has 1 fully saturated rings. The lowest BCUT2D eigenvalue weighted by Crippen LogP contribution is -2.40. The number of fused-ring (bicyclic) bond motifs is 1. The molecule has 2 aromatic carbocycles. The van der Waals surface area contributed by atoms with E-state index in [1.807, 2.05) is 41.4 Å². The van der Waals surface area contributed by atoms with Crippen molar-refractivity contribution in [3.05, 3.63) is 71.4 Å². The molecule has 2 heterocycles. The van der Waals surface area contributed by atoms with Gasteiger partial charge in [0, 0.05) is 35.8 Å². The number of thiol groups is 1. The first-order valence-corrected chi connectivity index (χ1v) is 11.5. The average Bonchev–Trinajstić information content (AvgIpc) is 3.31. The highest BCUT2D eigenvalue weighted by Gasteiger charge is 2.29. The molecule has 1 aromatic heterocycles. The van der Waals surface area contributed by atoms with Gasteiger partial charge in [0.05, 0.1) is 5.92 Å². The van der Waals surface area contributed by atoms with E-state index in [-0.39, 0.29) is 11.8 Å². The highest BCUT2D eigenvalue weighted by molar-refractivity contribution is 7.77. The van der Waals surface area contributed by atoms with Gasteiger partial charge >= 0.3 is 0 Å². The maximum atomic E-state index is 13.6. The molecule has 0 saturated carbocycles. The molecule has 6 nitrogen and oxygen atoms in total. The molecule has 1 unspecified atom stereocenters. The number of hydrogen-bond donors (Lipinski definition) is 4. The molecule has 0 radical (unpaired) electrons. The van der Waals surface area contributed by atoms with Crippen LogP contribution in [0.1, 0.15) is 53.6 Å². The molecule has 0 aliphatic carbocycles. The Kier molecular flexibility index (Phi) is 8.36. The number of carbonyl (C=O) groups excluding carboxylic acids is 2. The van der Waals surface area contributed by atoms with Crippen molar-refractivity contribution in [3.8, 4) is 0 Å². The summed E-state index contributed by atoms with van der Waals surface area (Å²) in [5.41, 5.74) is 9.09. The minimum Gasteiger partial charge on any atom is -0.366 e. The monoisotopic (exact) mass is 452 g/mol. The van der Waals surface area contributed by atoms with Crippen molar-refractivity contribution in [2.24, 2.45) is 16.8 Å². The normalized spacial score (nSPS) is 15.2. The lowest BCUT2D eigenvalue weighted by atomic mass is 9.87. The fourth-order valence-corrected chi connectivity index (χ4v) is 4.47. The molecule has 170 valence electrons. The fraction of sp³-hybridized carbons (Fsp3) is 0.360. The summed E-state index contributed by atoms with van der Waals surface area (Å²) in [5.74, 6) is 0.248. The Morgan fingerprint density at radius 3 is 2.56 bits per heavy atom. The first-order chi connectivity index (χ1) is 15.5. The number of H-pyrrole nitrogens is 1. The van der Waals surface area contributed by atoms with Crippen molar-refractivity contribution in [3.63, 3.8) is 0 Å². The zero-order chi connectivity index (χ0) is 23.1. The van der Waals surface area contributed by atoms with Crippen LogP contribution in [0.3, 0.4) is 0 Å². The molecule has 1 aliphatic rings. The quantitative estimate of drug-likeness (QED) is 0.424. The number of rotatable bonds is 6. The molecule has 1 atom stereocenters. The van der Waals surface area contributed by atoms with Crippen molar-refractivity contribution in [1.29, 1.82) is 0 Å². The summed E-state index contributed by atoms with van der Waals surface area (Å²) in [6.07, 6.45) is 5.45. The Labute approximate surface area is 194 Å². The minimum absolute atomic E-state index is 0.210. The summed E-state index contributed by atoms with van der Waals surface area (Å²) in [4.78, 5) is 30.4. The van der Waals surface area contributed by atoms with Crippen molar-refractivity contribution < 1.29 is 9.59 Å². The van der Waals surface area contributed by atoms with Gasteiger partial charge in [-0.2, -0.15) is 0 Å². The smallest absolute Gasteiger partial charge is 0.248 e. The van der Waals surface area contributed by atoms with Gasteiger partial charge < -0.3 is 15.6 Å². The molecule has 4 rings (SSSR count). The molecule has 32 heavy (non-hydrogen) atoms. The fourth-order valence-electron chi connectivity index (χ4n) is 4.47. The second kappa shape index (κ2) is 11.2. The topological polar surface area (TPSA) is 105 Å². The highest BCUT2D eigenvalue weighted by atomic mass is 32.1. The van der Waals surface area contributed by atoms with E-state index in [9.17, 15) is 9.59 Å². The maximum Gasteiger partial charge on any atom is 0.248 e. The Hall–Kier alpha value is -2.77. The van der Waals surface area contributed by atoms with E-state index in [0.717, 1.165) is 48.0 Å². The number of aromatic nitrogens is 1. The summed E-state index contributed by atoms with van der Waals surface area (Å²) in [6.45, 7) is 3.92. The van der Waals surface area contributed by atoms with Crippen LogP contribution in [0.2, 0.25) is 0 Å². The van der Waals surface area contributed by atoms with Gasteiger partial charge in [-0.25, -0.2) is 0 Å². The molecule has 7 heteroatoms. The van der Waals surface area contributed by atoms with E-state index in [1.54, 1.807) is 6.07 Å². The molecule has 3 aromatic rings. The standard InChI is InChI=1S/C25H29N3O2.H3NS/c1-17-11-14-28(15-12-17)25(30)22(20-6-3-7-23-21(20)10-13-27-23)9-8-18-4-2-5-19(16-18)24(26)29;1-2/h2-7,10,13,16-17,22,27H,8-9,11-12,14-15H2,1H3,(H2,26,29);2H,1H2. The van der Waals surface area contributed by atoms with Crippen LogP contribution in [0.5, 0.6) is 0 Å². The van der Waals surface area contributed by atoms with E-state index in [1.165, 1.54) is 0 Å². The van der Waals surface area contributed by atoms with Crippen molar-refractivity contribution in [2.45, 2.75) is 38.5 Å². The molecule has 0 bridgehead atoms. The number of piperidine rings is 1. The molecule has 5 N–H and O–H groups in total. The third kappa shape index (κ3) is 5.53. The predicted octanol–water partition coefficient (Wildman–Crippen LogP) is 4.03. The van der Waals surface area contributed by atoms with Gasteiger partial charge in [0.2, 0.25) is 11.8 Å². The summed E-state index contributed by atoms with van der Waals surface area (Å²) < 4.78 is 0. The second-order valence-electron chi connectivity index (χ2n) is 8.45. The van der Waals surface area contributed by atoms with Gasteiger partial charge in [-0.3, -0.25) is 14.7 Å². The third-order valence-corrected chi connectivity index (χ3v) is 6.33. The van der Waals surface area contributed by atoms with Crippen LogP contribution in [-0.4, -0.2) is 34.8 Å². The number of likely N-dealkylation sites (tertiary alicyclic amines) is 1. The number of nitrogens with one attached hydrogen (secondary N) is 1. The number of amides is 2. The SMILES string of the molecule is CC1CCN(C(=O)C(CCc2cccc(C(N)=O)c2)c2cccc3[nH]ccc23)CC1.NS. The summed E-state index contributed by atoms with van der Waals surface area (Å²) in [5, 5.41) is 5.30. The Bertz CT molecular complexity index is 1060. The van der Waals surface area contributed by atoms with Gasteiger partial charge in [-0.1, -0.05) is 31.2 Å². The Morgan fingerprint density at radius 1 is 1.12 bits per heavy atom. The van der Waals surface area contributed by atoms with Crippen LogP contribution >= 0.6 is 12.8 Å². The number of carbonyl (C=O) groups is 2. The number of nitrogens with two attached hydrogens (primary N) is 2. The van der Waals surface area contributed by atoms with Gasteiger partial charge in [0.25, 0.3) is 0 Å². The van der Waals surface area contributed by atoms with Gasteiger partial charge in [0.15, 0.2) is 0 Å². The van der Waals surface area contributed by atoms with Crippen LogP contribution in [0, 0.1) is 5.92 Å². The molecule has 0 spiro atoms. The number of benzene rings is 2. The first-order valence-electron chi connectivity index (χ1n) is 11.0. The zero-order valence-electron chi connectivity index (χ0n) is 18.5. The predicted molar refractivity (Wildman–Crippen MR) is 132 cm³/mol. The molecule has 1 aliphatic heterocycles. The first kappa shape index (κ1) is 23.9. The lowest BCUT2D eigenvalue weighted by molar-refractivity contribution is -0.134. The number of aryl methyl sites for hydroxylation is 1. The third-order valence-electron chi connectivity index (χ3n) is 6.33. The minimum atomic E-state index is -0.427. The summed E-state index contributed by atoms with van der Waals surface area (Å²) in [7, 11) is 0. The molecular formula is C25H32N4O2S. The van der Waals surface area contributed by atoms with Crippen LogP contribution in [0.15, 0.2) is 54.7 Å². The van der Waals surface area contributed by atoms with E-state index in [4.69, 9.17) is 5.73 Å². The van der Waals surface area contributed by atoms with Crippen molar-refractivity contribution >= 4 is 35.5 Å². The van der Waals surface area contributed by atoms with E-state index < -0.39 is 5.91 Å². The second-order valence-corrected chi connectivity index (χ2v) is 8.45. The zero-order valence-corrected chi connectivity index (χ0v) is 19.4. The Balaban J connectivity index is 0.00000141. The van der Waals surface area contributed by atoms with E-state index in [2.05, 4.69) is 42.0 Å². The maximum absolute atomic E-state index is 13.6. The average molecular weight is 453 g/mol. The molecular weight excluding hydrogens is 420 g/mol.